The summed E-state index contributed by atoms with van der Waals surface area (Å²) in [6.45, 7) is 9.66. The van der Waals surface area contributed by atoms with E-state index in [4.69, 9.17) is 14.2 Å². The lowest BCUT2D eigenvalue weighted by Crippen LogP contribution is -2.58. The topological polar surface area (TPSA) is 118 Å². The number of morpholine rings is 1. The van der Waals surface area contributed by atoms with Crippen molar-refractivity contribution in [2.75, 3.05) is 52.6 Å². The Labute approximate surface area is 201 Å². The zero-order valence-corrected chi connectivity index (χ0v) is 20.6. The highest BCUT2D eigenvalue weighted by molar-refractivity contribution is 5.98. The van der Waals surface area contributed by atoms with E-state index in [1.807, 2.05) is 13.8 Å². The molecule has 4 rings (SSSR count). The van der Waals surface area contributed by atoms with E-state index in [0.29, 0.717) is 52.0 Å². The molecule has 4 aliphatic heterocycles. The van der Waals surface area contributed by atoms with Crippen molar-refractivity contribution in [2.45, 2.75) is 69.7 Å². The van der Waals surface area contributed by atoms with Crippen molar-refractivity contribution in [2.24, 2.45) is 11.8 Å². The lowest BCUT2D eigenvalue weighted by molar-refractivity contribution is -0.161. The summed E-state index contributed by atoms with van der Waals surface area (Å²) < 4.78 is 17.4. The number of esters is 1. The van der Waals surface area contributed by atoms with Crippen LogP contribution in [0.4, 0.5) is 0 Å². The van der Waals surface area contributed by atoms with E-state index in [-0.39, 0.29) is 25.0 Å². The largest absolute Gasteiger partial charge is 0.466 e. The van der Waals surface area contributed by atoms with Crippen molar-refractivity contribution in [1.82, 2.24) is 15.1 Å². The van der Waals surface area contributed by atoms with Crippen molar-refractivity contribution in [3.05, 3.63) is 0 Å². The Balaban J connectivity index is 1.62. The van der Waals surface area contributed by atoms with Gasteiger partial charge in [-0.3, -0.25) is 19.3 Å². The summed E-state index contributed by atoms with van der Waals surface area (Å²) in [7, 11) is 0. The number of fused-ring (bicyclic) bond motifs is 1. The molecule has 0 radical (unpaired) electrons. The van der Waals surface area contributed by atoms with Crippen LogP contribution in [0, 0.1) is 11.8 Å². The molecule has 2 N–H and O–H groups in total. The molecule has 0 aromatic carbocycles. The number of aliphatic hydroxyl groups excluding tert-OH is 1. The minimum atomic E-state index is -1.09. The molecule has 2 bridgehead atoms. The number of carbonyl (C=O) groups is 3. The van der Waals surface area contributed by atoms with Gasteiger partial charge in [0.2, 0.25) is 11.8 Å². The maximum atomic E-state index is 13.9. The number of nitrogens with zero attached hydrogens (tertiary/aromatic N) is 2. The zero-order valence-electron chi connectivity index (χ0n) is 20.6. The number of rotatable bonds is 10. The molecule has 6 atom stereocenters. The highest BCUT2D eigenvalue weighted by Gasteiger charge is 2.79. The minimum Gasteiger partial charge on any atom is -0.466 e. The number of carbonyl (C=O) groups excluding carboxylic acids is 3. The van der Waals surface area contributed by atoms with Crippen molar-refractivity contribution < 1.29 is 33.7 Å². The predicted octanol–water partition coefficient (Wildman–Crippen LogP) is -0.0764. The van der Waals surface area contributed by atoms with E-state index in [1.54, 1.807) is 6.92 Å². The zero-order chi connectivity index (χ0) is 24.5. The molecule has 2 amide bonds. The van der Waals surface area contributed by atoms with E-state index in [9.17, 15) is 19.5 Å². The second-order valence-electron chi connectivity index (χ2n) is 9.82. The van der Waals surface area contributed by atoms with Gasteiger partial charge < -0.3 is 29.5 Å². The first-order valence-electron chi connectivity index (χ1n) is 12.8. The number of aliphatic hydroxyl groups is 1. The summed E-state index contributed by atoms with van der Waals surface area (Å²) in [5.41, 5.74) is -1.89. The summed E-state index contributed by atoms with van der Waals surface area (Å²) in [6.07, 6.45) is 2.17. The maximum Gasteiger partial charge on any atom is 0.312 e. The number of amides is 2. The molecule has 1 spiro atoms. The highest BCUT2D eigenvalue weighted by atomic mass is 16.6. The SMILES string of the molecule is CCOC(=O)[C@H]1[C@H]2C(=O)N([C@@H](CC)CO)C(C(=O)NCCN3CCOCC3)C23CC[C@]1(CC)O3. The van der Waals surface area contributed by atoms with E-state index in [2.05, 4.69) is 10.2 Å². The average Bonchev–Trinajstić information content (AvgIpc) is 3.45. The fourth-order valence-electron chi connectivity index (χ4n) is 6.61. The monoisotopic (exact) mass is 481 g/mol. The number of ether oxygens (including phenoxy) is 3. The summed E-state index contributed by atoms with van der Waals surface area (Å²) in [4.78, 5) is 44.4. The molecule has 0 saturated carbocycles. The molecule has 10 heteroatoms. The molecule has 10 nitrogen and oxygen atoms in total. The lowest BCUT2D eigenvalue weighted by Gasteiger charge is -2.37. The van der Waals surface area contributed by atoms with Gasteiger partial charge in [-0.15, -0.1) is 0 Å². The van der Waals surface area contributed by atoms with Gasteiger partial charge in [-0.2, -0.15) is 0 Å². The Bertz CT molecular complexity index is 785. The van der Waals surface area contributed by atoms with Crippen LogP contribution in [0.1, 0.15) is 46.5 Å². The quantitative estimate of drug-likeness (QED) is 0.416. The second kappa shape index (κ2) is 10.1. The van der Waals surface area contributed by atoms with Crippen LogP contribution in [0.2, 0.25) is 0 Å². The minimum absolute atomic E-state index is 0.215. The van der Waals surface area contributed by atoms with Crippen molar-refractivity contribution in [3.63, 3.8) is 0 Å². The number of hydrogen-bond acceptors (Lipinski definition) is 8. The predicted molar refractivity (Wildman–Crippen MR) is 122 cm³/mol. The Morgan fingerprint density at radius 3 is 2.59 bits per heavy atom. The summed E-state index contributed by atoms with van der Waals surface area (Å²) >= 11 is 0. The first kappa shape index (κ1) is 25.3. The van der Waals surface area contributed by atoms with Gasteiger partial charge in [0, 0.05) is 26.2 Å². The fourth-order valence-corrected chi connectivity index (χ4v) is 6.61. The molecule has 2 unspecified atom stereocenters. The van der Waals surface area contributed by atoms with E-state index in [0.717, 1.165) is 13.1 Å². The van der Waals surface area contributed by atoms with Crippen molar-refractivity contribution in [3.8, 4) is 0 Å². The van der Waals surface area contributed by atoms with Crippen LogP contribution < -0.4 is 5.32 Å². The van der Waals surface area contributed by atoms with Gasteiger partial charge >= 0.3 is 5.97 Å². The lowest BCUT2D eigenvalue weighted by atomic mass is 9.65. The molecule has 4 aliphatic rings. The third kappa shape index (κ3) is 3.92. The molecule has 4 saturated heterocycles. The first-order valence-corrected chi connectivity index (χ1v) is 12.8. The Hall–Kier alpha value is -1.75. The fraction of sp³-hybridized carbons (Fsp3) is 0.875. The molecule has 4 fully saturated rings. The first-order chi connectivity index (χ1) is 16.4. The Morgan fingerprint density at radius 2 is 1.97 bits per heavy atom. The van der Waals surface area contributed by atoms with Crippen LogP contribution in [-0.4, -0.2) is 109 Å². The molecular formula is C24H39N3O7. The van der Waals surface area contributed by atoms with Crippen LogP contribution in [0.15, 0.2) is 0 Å². The van der Waals surface area contributed by atoms with Gasteiger partial charge in [-0.1, -0.05) is 13.8 Å². The van der Waals surface area contributed by atoms with E-state index < -0.39 is 41.1 Å². The van der Waals surface area contributed by atoms with Gasteiger partial charge in [0.05, 0.1) is 44.0 Å². The third-order valence-corrected chi connectivity index (χ3v) is 8.31. The van der Waals surface area contributed by atoms with Crippen LogP contribution >= 0.6 is 0 Å². The highest BCUT2D eigenvalue weighted by Crippen LogP contribution is 2.64. The smallest absolute Gasteiger partial charge is 0.312 e. The molecule has 0 aromatic rings. The number of likely N-dealkylation sites (tertiary alicyclic amines) is 1. The van der Waals surface area contributed by atoms with E-state index in [1.165, 1.54) is 4.90 Å². The number of hydrogen-bond donors (Lipinski definition) is 2. The van der Waals surface area contributed by atoms with Gasteiger partial charge in [0.25, 0.3) is 0 Å². The Morgan fingerprint density at radius 1 is 1.24 bits per heavy atom. The summed E-state index contributed by atoms with van der Waals surface area (Å²) in [6, 6.07) is -1.41. The molecule has 4 heterocycles. The van der Waals surface area contributed by atoms with Gasteiger partial charge in [0.15, 0.2) is 0 Å². The maximum absolute atomic E-state index is 13.9. The van der Waals surface area contributed by atoms with Crippen molar-refractivity contribution >= 4 is 17.8 Å². The molecule has 34 heavy (non-hydrogen) atoms. The van der Waals surface area contributed by atoms with Gasteiger partial charge in [0.1, 0.15) is 17.6 Å². The van der Waals surface area contributed by atoms with Crippen LogP contribution in [0.25, 0.3) is 0 Å². The normalized spacial score (nSPS) is 35.9. The molecule has 0 aromatic heterocycles. The molecule has 0 aliphatic carbocycles. The van der Waals surface area contributed by atoms with Gasteiger partial charge in [-0.05, 0) is 32.6 Å². The van der Waals surface area contributed by atoms with Crippen LogP contribution in [0.3, 0.4) is 0 Å². The van der Waals surface area contributed by atoms with Crippen LogP contribution in [-0.2, 0) is 28.6 Å². The van der Waals surface area contributed by atoms with Crippen molar-refractivity contribution in [1.29, 1.82) is 0 Å². The van der Waals surface area contributed by atoms with E-state index >= 15 is 0 Å². The molecular weight excluding hydrogens is 442 g/mol. The molecule has 192 valence electrons. The number of nitrogens with one attached hydrogen (secondary N) is 1. The third-order valence-electron chi connectivity index (χ3n) is 8.31. The second-order valence-corrected chi connectivity index (χ2v) is 9.82. The summed E-state index contributed by atoms with van der Waals surface area (Å²) in [5.74, 6) is -2.54. The van der Waals surface area contributed by atoms with Gasteiger partial charge in [-0.25, -0.2) is 0 Å². The Kier molecular flexibility index (Phi) is 7.52. The summed E-state index contributed by atoms with van der Waals surface area (Å²) in [5, 5.41) is 13.1. The van der Waals surface area contributed by atoms with Crippen LogP contribution in [0.5, 0.6) is 0 Å². The standard InChI is InChI=1S/C24H39N3O7/c1-4-16(15-28)27-19(20(29)25-9-10-26-11-13-32-14-12-26)24-8-7-23(5-2,34-24)18(17(24)21(27)30)22(31)33-6-3/h16-19,28H,4-15H2,1-3H3,(H,25,29)/t16-,17-,18+,19?,23-,24?/m0/s1. The average molecular weight is 482 g/mol.